The predicted molar refractivity (Wildman–Crippen MR) is 64.1 cm³/mol. The van der Waals surface area contributed by atoms with Gasteiger partial charge in [-0.25, -0.2) is 12.8 Å². The molecule has 3 nitrogen and oxygen atoms in total. The van der Waals surface area contributed by atoms with E-state index in [1.807, 2.05) is 13.8 Å². The molecule has 5 heteroatoms. The molecule has 1 heterocycles. The lowest BCUT2D eigenvalue weighted by molar-refractivity contribution is 0.505. The van der Waals surface area contributed by atoms with Crippen LogP contribution in [0.25, 0.3) is 0 Å². The average Bonchev–Trinajstić information content (AvgIpc) is 2.48. The SMILES string of the molecule is CCNC1c2ccc(F)cc2S(=O)(=O)C1CC. The quantitative estimate of drug-likeness (QED) is 0.901. The zero-order valence-electron chi connectivity index (χ0n) is 9.90. The molecule has 0 aliphatic carbocycles. The van der Waals surface area contributed by atoms with Crippen LogP contribution in [-0.2, 0) is 9.84 Å². The number of nitrogens with one attached hydrogen (secondary N) is 1. The lowest BCUT2D eigenvalue weighted by Crippen LogP contribution is -2.31. The average molecular weight is 257 g/mol. The number of sulfone groups is 1. The third-order valence-electron chi connectivity index (χ3n) is 3.21. The summed E-state index contributed by atoms with van der Waals surface area (Å²) < 4.78 is 37.7. The van der Waals surface area contributed by atoms with Gasteiger partial charge in [0.15, 0.2) is 9.84 Å². The van der Waals surface area contributed by atoms with E-state index in [0.717, 1.165) is 6.07 Å². The lowest BCUT2D eigenvalue weighted by atomic mass is 10.0. The molecule has 1 aromatic carbocycles. The summed E-state index contributed by atoms with van der Waals surface area (Å²) in [6.07, 6.45) is 0.524. The van der Waals surface area contributed by atoms with E-state index in [1.165, 1.54) is 6.07 Å². The third kappa shape index (κ3) is 1.87. The molecule has 0 saturated heterocycles. The van der Waals surface area contributed by atoms with Crippen molar-refractivity contribution in [1.82, 2.24) is 5.32 Å². The number of halogens is 1. The molecule has 17 heavy (non-hydrogen) atoms. The summed E-state index contributed by atoms with van der Waals surface area (Å²) in [4.78, 5) is 0.148. The third-order valence-corrected chi connectivity index (χ3v) is 5.58. The van der Waals surface area contributed by atoms with Crippen LogP contribution in [0.3, 0.4) is 0 Å². The van der Waals surface area contributed by atoms with Crippen LogP contribution in [0.15, 0.2) is 23.1 Å². The van der Waals surface area contributed by atoms with E-state index >= 15 is 0 Å². The van der Waals surface area contributed by atoms with E-state index in [2.05, 4.69) is 5.32 Å². The van der Waals surface area contributed by atoms with E-state index in [9.17, 15) is 12.8 Å². The van der Waals surface area contributed by atoms with Gasteiger partial charge in [0, 0.05) is 0 Å². The fraction of sp³-hybridized carbons (Fsp3) is 0.500. The molecule has 1 aliphatic rings. The molecule has 2 atom stereocenters. The van der Waals surface area contributed by atoms with Crippen LogP contribution in [-0.4, -0.2) is 20.2 Å². The summed E-state index contributed by atoms with van der Waals surface area (Å²) >= 11 is 0. The van der Waals surface area contributed by atoms with Gasteiger partial charge < -0.3 is 5.32 Å². The van der Waals surface area contributed by atoms with E-state index in [-0.39, 0.29) is 10.9 Å². The predicted octanol–water partition coefficient (Wildman–Crippen LogP) is 2.04. The summed E-state index contributed by atoms with van der Waals surface area (Å²) in [6.45, 7) is 4.46. The molecule has 1 aliphatic heterocycles. The van der Waals surface area contributed by atoms with Gasteiger partial charge in [-0.3, -0.25) is 0 Å². The zero-order chi connectivity index (χ0) is 12.6. The molecule has 2 rings (SSSR count). The van der Waals surface area contributed by atoms with Crippen molar-refractivity contribution < 1.29 is 12.8 Å². The molecule has 1 aromatic rings. The molecule has 94 valence electrons. The van der Waals surface area contributed by atoms with Crippen molar-refractivity contribution in [3.05, 3.63) is 29.6 Å². The van der Waals surface area contributed by atoms with Gasteiger partial charge in [-0.1, -0.05) is 19.9 Å². The highest BCUT2D eigenvalue weighted by atomic mass is 32.2. The first-order chi connectivity index (χ1) is 8.02. The minimum atomic E-state index is -3.39. The maximum Gasteiger partial charge on any atom is 0.183 e. The first-order valence-corrected chi connectivity index (χ1v) is 7.33. The van der Waals surface area contributed by atoms with Gasteiger partial charge in [0.2, 0.25) is 0 Å². The van der Waals surface area contributed by atoms with Crippen LogP contribution in [0.4, 0.5) is 4.39 Å². The molecular formula is C12H16FNO2S. The van der Waals surface area contributed by atoms with Gasteiger partial charge in [-0.05, 0) is 30.7 Å². The number of rotatable bonds is 3. The summed E-state index contributed by atoms with van der Waals surface area (Å²) in [5.74, 6) is -0.501. The van der Waals surface area contributed by atoms with E-state index < -0.39 is 20.9 Å². The van der Waals surface area contributed by atoms with E-state index in [0.29, 0.717) is 18.5 Å². The van der Waals surface area contributed by atoms with E-state index in [4.69, 9.17) is 0 Å². The van der Waals surface area contributed by atoms with Crippen LogP contribution in [0, 0.1) is 5.82 Å². The Morgan fingerprint density at radius 2 is 2.06 bits per heavy atom. The second kappa shape index (κ2) is 4.38. The molecule has 0 radical (unpaired) electrons. The smallest absolute Gasteiger partial charge is 0.183 e. The molecular weight excluding hydrogens is 241 g/mol. The number of benzene rings is 1. The van der Waals surface area contributed by atoms with Crippen molar-refractivity contribution in [2.45, 2.75) is 36.5 Å². The van der Waals surface area contributed by atoms with Crippen molar-refractivity contribution in [3.63, 3.8) is 0 Å². The Kier molecular flexibility index (Phi) is 3.23. The summed E-state index contributed by atoms with van der Waals surface area (Å²) in [5, 5.41) is 2.69. The maximum absolute atomic E-state index is 13.2. The fourth-order valence-electron chi connectivity index (χ4n) is 2.47. The van der Waals surface area contributed by atoms with Gasteiger partial charge in [0.05, 0.1) is 16.2 Å². The molecule has 0 aromatic heterocycles. The van der Waals surface area contributed by atoms with E-state index in [1.54, 1.807) is 6.07 Å². The zero-order valence-corrected chi connectivity index (χ0v) is 10.7. The van der Waals surface area contributed by atoms with Gasteiger partial charge >= 0.3 is 0 Å². The monoisotopic (exact) mass is 257 g/mol. The van der Waals surface area contributed by atoms with Crippen LogP contribution in [0.5, 0.6) is 0 Å². The number of hydrogen-bond donors (Lipinski definition) is 1. The summed E-state index contributed by atoms with van der Waals surface area (Å²) in [6, 6.07) is 3.80. The Morgan fingerprint density at radius 3 is 2.65 bits per heavy atom. The molecule has 0 fully saturated rings. The molecule has 0 spiro atoms. The molecule has 2 unspecified atom stereocenters. The second-order valence-corrected chi connectivity index (χ2v) is 6.34. The Bertz CT molecular complexity index is 527. The fourth-order valence-corrected chi connectivity index (χ4v) is 4.64. The Hall–Kier alpha value is -0.940. The Balaban J connectivity index is 2.60. The first-order valence-electron chi connectivity index (χ1n) is 5.79. The summed E-state index contributed by atoms with van der Waals surface area (Å²) in [7, 11) is -3.39. The normalized spacial score (nSPS) is 25.8. The highest BCUT2D eigenvalue weighted by Crippen LogP contribution is 2.40. The van der Waals surface area contributed by atoms with Crippen molar-refractivity contribution >= 4 is 9.84 Å². The second-order valence-electron chi connectivity index (χ2n) is 4.21. The Morgan fingerprint density at radius 1 is 1.35 bits per heavy atom. The van der Waals surface area contributed by atoms with Crippen LogP contribution in [0.2, 0.25) is 0 Å². The van der Waals surface area contributed by atoms with Gasteiger partial charge in [-0.2, -0.15) is 0 Å². The van der Waals surface area contributed by atoms with Crippen LogP contribution in [0.1, 0.15) is 31.9 Å². The molecule has 1 N–H and O–H groups in total. The number of fused-ring (bicyclic) bond motifs is 1. The maximum atomic E-state index is 13.2. The van der Waals surface area contributed by atoms with Crippen LogP contribution >= 0.6 is 0 Å². The highest BCUT2D eigenvalue weighted by molar-refractivity contribution is 7.92. The minimum Gasteiger partial charge on any atom is -0.309 e. The Labute approximate surface area is 101 Å². The number of hydrogen-bond acceptors (Lipinski definition) is 3. The van der Waals surface area contributed by atoms with Gasteiger partial charge in [0.1, 0.15) is 5.82 Å². The van der Waals surface area contributed by atoms with Crippen LogP contribution < -0.4 is 5.32 Å². The standard InChI is InChI=1S/C12H16FNO2S/c1-3-10-12(14-4-2)9-6-5-8(13)7-11(9)17(10,15)16/h5-7,10,12,14H,3-4H2,1-2H3. The van der Waals surface area contributed by atoms with Crippen molar-refractivity contribution in [3.8, 4) is 0 Å². The first kappa shape index (κ1) is 12.5. The molecule has 0 saturated carbocycles. The van der Waals surface area contributed by atoms with Crippen molar-refractivity contribution in [2.75, 3.05) is 6.54 Å². The molecule has 0 amide bonds. The van der Waals surface area contributed by atoms with Gasteiger partial charge in [-0.15, -0.1) is 0 Å². The van der Waals surface area contributed by atoms with Crippen molar-refractivity contribution in [1.29, 1.82) is 0 Å². The highest BCUT2D eigenvalue weighted by Gasteiger charge is 2.43. The molecule has 0 bridgehead atoms. The minimum absolute atomic E-state index is 0.148. The largest absolute Gasteiger partial charge is 0.309 e. The van der Waals surface area contributed by atoms with Gasteiger partial charge in [0.25, 0.3) is 0 Å². The summed E-state index contributed by atoms with van der Waals surface area (Å²) in [5.41, 5.74) is 0.695. The topological polar surface area (TPSA) is 46.2 Å². The van der Waals surface area contributed by atoms with Crippen molar-refractivity contribution in [2.24, 2.45) is 0 Å². The lowest BCUT2D eigenvalue weighted by Gasteiger charge is -2.18.